The summed E-state index contributed by atoms with van der Waals surface area (Å²) in [5.41, 5.74) is -0.0917. The molecule has 0 fully saturated rings. The number of hydrogen-bond donors (Lipinski definition) is 0. The summed E-state index contributed by atoms with van der Waals surface area (Å²) in [6.45, 7) is 3.46. The van der Waals surface area contributed by atoms with Crippen LogP contribution in [-0.2, 0) is 6.54 Å². The predicted molar refractivity (Wildman–Crippen MR) is 69.7 cm³/mol. The summed E-state index contributed by atoms with van der Waals surface area (Å²) in [6.07, 6.45) is 2.47. The minimum absolute atomic E-state index is 0.0917. The molecular weight excluding hydrogens is 252 g/mol. The largest absolute Gasteiger partial charge is 0.336 e. The van der Waals surface area contributed by atoms with E-state index in [4.69, 9.17) is 0 Å². The molecule has 0 atom stereocenters. The van der Waals surface area contributed by atoms with Crippen molar-refractivity contribution < 1.29 is 4.92 Å². The molecule has 0 saturated carbocycles. The Morgan fingerprint density at radius 1 is 1.44 bits per heavy atom. The topological polar surface area (TPSA) is 72.2 Å². The van der Waals surface area contributed by atoms with Gasteiger partial charge in [0.05, 0.1) is 11.5 Å². The van der Waals surface area contributed by atoms with E-state index in [1.54, 1.807) is 11.3 Å². The number of anilines is 1. The smallest absolute Gasteiger partial charge is 0.305 e. The Morgan fingerprint density at radius 3 is 2.67 bits per heavy atom. The molecule has 94 valence electrons. The van der Waals surface area contributed by atoms with Crippen molar-refractivity contribution in [3.8, 4) is 0 Å². The van der Waals surface area contributed by atoms with Crippen LogP contribution in [0, 0.1) is 10.1 Å². The van der Waals surface area contributed by atoms with E-state index in [-0.39, 0.29) is 5.69 Å². The highest BCUT2D eigenvalue weighted by molar-refractivity contribution is 7.09. The monoisotopic (exact) mass is 264 g/mol. The average Bonchev–Trinajstić information content (AvgIpc) is 2.89. The van der Waals surface area contributed by atoms with Gasteiger partial charge in [-0.1, -0.05) is 6.07 Å². The van der Waals surface area contributed by atoms with Gasteiger partial charge in [-0.25, -0.2) is 9.97 Å². The first-order valence-electron chi connectivity index (χ1n) is 5.44. The maximum absolute atomic E-state index is 10.5. The van der Waals surface area contributed by atoms with Crippen LogP contribution in [0.2, 0.25) is 0 Å². The Bertz CT molecular complexity index is 512. The lowest BCUT2D eigenvalue weighted by Gasteiger charge is -2.19. The zero-order valence-electron chi connectivity index (χ0n) is 9.81. The second-order valence-corrected chi connectivity index (χ2v) is 4.62. The van der Waals surface area contributed by atoms with Crippen molar-refractivity contribution in [1.29, 1.82) is 0 Å². The van der Waals surface area contributed by atoms with Crippen LogP contribution in [0.1, 0.15) is 11.8 Å². The van der Waals surface area contributed by atoms with Crippen molar-refractivity contribution in [1.82, 2.24) is 9.97 Å². The maximum atomic E-state index is 10.5. The third kappa shape index (κ3) is 2.80. The van der Waals surface area contributed by atoms with Gasteiger partial charge in [0.2, 0.25) is 5.95 Å². The quantitative estimate of drug-likeness (QED) is 0.612. The Kier molecular flexibility index (Phi) is 3.83. The minimum Gasteiger partial charge on any atom is -0.336 e. The van der Waals surface area contributed by atoms with Crippen LogP contribution in [0.25, 0.3) is 0 Å². The Hall–Kier alpha value is -2.02. The molecule has 0 aliphatic rings. The summed E-state index contributed by atoms with van der Waals surface area (Å²) >= 11 is 1.66. The lowest BCUT2D eigenvalue weighted by atomic mass is 10.4. The second-order valence-electron chi connectivity index (χ2n) is 3.59. The number of rotatable bonds is 5. The summed E-state index contributed by atoms with van der Waals surface area (Å²) in [5, 5.41) is 12.5. The standard InChI is InChI=1S/C11H12N4O2S/c1-2-14(8-10-4-3-5-18-10)11-12-6-9(7-13-11)15(16)17/h3-7H,2,8H2,1H3. The third-order valence-corrected chi connectivity index (χ3v) is 3.29. The molecule has 0 bridgehead atoms. The first kappa shape index (κ1) is 12.4. The molecule has 2 rings (SSSR count). The van der Waals surface area contributed by atoms with Crippen LogP contribution in [-0.4, -0.2) is 21.4 Å². The summed E-state index contributed by atoms with van der Waals surface area (Å²) in [6, 6.07) is 4.03. The van der Waals surface area contributed by atoms with E-state index in [2.05, 4.69) is 9.97 Å². The van der Waals surface area contributed by atoms with Crippen LogP contribution in [0.5, 0.6) is 0 Å². The molecule has 18 heavy (non-hydrogen) atoms. The highest BCUT2D eigenvalue weighted by Crippen LogP contribution is 2.17. The van der Waals surface area contributed by atoms with Crippen molar-refractivity contribution in [3.63, 3.8) is 0 Å². The molecule has 0 unspecified atom stereocenters. The lowest BCUT2D eigenvalue weighted by Crippen LogP contribution is -2.23. The lowest BCUT2D eigenvalue weighted by molar-refractivity contribution is -0.385. The number of hydrogen-bond acceptors (Lipinski definition) is 6. The molecule has 0 N–H and O–H groups in total. The van der Waals surface area contributed by atoms with Crippen LogP contribution in [0.15, 0.2) is 29.9 Å². The highest BCUT2D eigenvalue weighted by atomic mass is 32.1. The number of aromatic nitrogens is 2. The van der Waals surface area contributed by atoms with Gasteiger partial charge < -0.3 is 4.90 Å². The van der Waals surface area contributed by atoms with E-state index in [0.717, 1.165) is 6.54 Å². The van der Waals surface area contributed by atoms with E-state index < -0.39 is 4.92 Å². The average molecular weight is 264 g/mol. The van der Waals surface area contributed by atoms with Crippen LogP contribution in [0.4, 0.5) is 11.6 Å². The zero-order chi connectivity index (χ0) is 13.0. The van der Waals surface area contributed by atoms with Gasteiger partial charge in [0, 0.05) is 11.4 Å². The van der Waals surface area contributed by atoms with Crippen LogP contribution in [0.3, 0.4) is 0 Å². The summed E-state index contributed by atoms with van der Waals surface area (Å²) in [4.78, 5) is 21.3. The maximum Gasteiger partial charge on any atom is 0.305 e. The molecule has 0 aliphatic heterocycles. The molecule has 0 amide bonds. The van der Waals surface area contributed by atoms with Crippen molar-refractivity contribution in [2.45, 2.75) is 13.5 Å². The van der Waals surface area contributed by atoms with Gasteiger partial charge in [0.1, 0.15) is 12.4 Å². The van der Waals surface area contributed by atoms with Gasteiger partial charge in [-0.3, -0.25) is 10.1 Å². The molecule has 0 aromatic carbocycles. The van der Waals surface area contributed by atoms with Crippen molar-refractivity contribution in [3.05, 3.63) is 44.9 Å². The molecule has 0 aliphatic carbocycles. The van der Waals surface area contributed by atoms with E-state index in [1.807, 2.05) is 29.3 Å². The number of nitrogens with zero attached hydrogens (tertiary/aromatic N) is 4. The fourth-order valence-electron chi connectivity index (χ4n) is 1.49. The molecule has 2 aromatic heterocycles. The molecule has 2 aromatic rings. The fourth-order valence-corrected chi connectivity index (χ4v) is 2.21. The zero-order valence-corrected chi connectivity index (χ0v) is 10.6. The molecular formula is C11H12N4O2S. The molecule has 7 heteroatoms. The van der Waals surface area contributed by atoms with Gasteiger partial charge >= 0.3 is 5.69 Å². The second kappa shape index (κ2) is 5.54. The summed E-state index contributed by atoms with van der Waals surface area (Å²) in [7, 11) is 0. The van der Waals surface area contributed by atoms with E-state index in [1.165, 1.54) is 17.3 Å². The van der Waals surface area contributed by atoms with Gasteiger partial charge in [-0.05, 0) is 18.4 Å². The van der Waals surface area contributed by atoms with Crippen molar-refractivity contribution >= 4 is 23.0 Å². The normalized spacial score (nSPS) is 10.3. The minimum atomic E-state index is -0.501. The van der Waals surface area contributed by atoms with E-state index in [9.17, 15) is 10.1 Å². The molecule has 0 spiro atoms. The first-order chi connectivity index (χ1) is 8.70. The van der Waals surface area contributed by atoms with Gasteiger partial charge in [0.25, 0.3) is 0 Å². The molecule has 0 saturated heterocycles. The fraction of sp³-hybridized carbons (Fsp3) is 0.273. The Morgan fingerprint density at radius 2 is 2.17 bits per heavy atom. The Labute approximate surface area is 108 Å². The van der Waals surface area contributed by atoms with E-state index in [0.29, 0.717) is 12.5 Å². The molecule has 2 heterocycles. The number of nitro groups is 1. The predicted octanol–water partition coefficient (Wildman–Crippen LogP) is 2.47. The van der Waals surface area contributed by atoms with Crippen molar-refractivity contribution in [2.24, 2.45) is 0 Å². The first-order valence-corrected chi connectivity index (χ1v) is 6.32. The van der Waals surface area contributed by atoms with Crippen LogP contribution >= 0.6 is 11.3 Å². The van der Waals surface area contributed by atoms with Gasteiger partial charge in [-0.15, -0.1) is 11.3 Å². The van der Waals surface area contributed by atoms with E-state index >= 15 is 0 Å². The van der Waals surface area contributed by atoms with Gasteiger partial charge in [-0.2, -0.15) is 0 Å². The molecule has 0 radical (unpaired) electrons. The third-order valence-electron chi connectivity index (χ3n) is 2.43. The van der Waals surface area contributed by atoms with Crippen LogP contribution < -0.4 is 4.90 Å². The highest BCUT2D eigenvalue weighted by Gasteiger charge is 2.12. The molecule has 6 nitrogen and oxygen atoms in total. The van der Waals surface area contributed by atoms with Crippen molar-refractivity contribution in [2.75, 3.05) is 11.4 Å². The number of thiophene rings is 1. The summed E-state index contributed by atoms with van der Waals surface area (Å²) < 4.78 is 0. The SMILES string of the molecule is CCN(Cc1cccs1)c1ncc([N+](=O)[O-])cn1. The van der Waals surface area contributed by atoms with Gasteiger partial charge in [0.15, 0.2) is 0 Å². The summed E-state index contributed by atoms with van der Waals surface area (Å²) in [5.74, 6) is 0.511. The Balaban J connectivity index is 2.14.